The molecule has 0 aliphatic carbocycles. The summed E-state index contributed by atoms with van der Waals surface area (Å²) in [7, 11) is 0. The summed E-state index contributed by atoms with van der Waals surface area (Å²) in [6, 6.07) is 10.5. The molecule has 0 aliphatic rings. The van der Waals surface area contributed by atoms with Gasteiger partial charge in [0, 0.05) is 17.9 Å². The number of rotatable bonds is 4. The number of hydrogen-bond donors (Lipinski definition) is 1. The van der Waals surface area contributed by atoms with Gasteiger partial charge in [-0.05, 0) is 24.3 Å². The third kappa shape index (κ3) is 3.33. The van der Waals surface area contributed by atoms with Gasteiger partial charge in [-0.1, -0.05) is 23.7 Å². The molecule has 0 fully saturated rings. The first kappa shape index (κ1) is 15.5. The topological polar surface area (TPSA) is 72.2 Å². The van der Waals surface area contributed by atoms with Crippen LogP contribution in [0.2, 0.25) is 5.02 Å². The molecule has 2 heterocycles. The van der Waals surface area contributed by atoms with E-state index in [1.807, 2.05) is 18.2 Å². The van der Waals surface area contributed by atoms with Gasteiger partial charge in [0.2, 0.25) is 0 Å². The average molecular weight is 347 g/mol. The number of benzene rings is 1. The fourth-order valence-corrected chi connectivity index (χ4v) is 2.89. The number of carbonyl (C=O) groups is 2. The Bertz CT molecular complexity index is 885. The van der Waals surface area contributed by atoms with E-state index in [0.717, 1.165) is 0 Å². The van der Waals surface area contributed by atoms with Crippen molar-refractivity contribution in [3.8, 4) is 11.3 Å². The van der Waals surface area contributed by atoms with E-state index in [4.69, 9.17) is 16.0 Å². The quantitative estimate of drug-likeness (QED) is 0.705. The molecule has 0 saturated carbocycles. The van der Waals surface area contributed by atoms with Crippen LogP contribution in [0.4, 0.5) is 5.13 Å². The summed E-state index contributed by atoms with van der Waals surface area (Å²) in [5, 5.41) is 5.08. The number of nitrogens with one attached hydrogen (secondary N) is 1. The molecule has 0 aliphatic heterocycles. The van der Waals surface area contributed by atoms with Crippen molar-refractivity contribution in [3.63, 3.8) is 0 Å². The Kier molecular flexibility index (Phi) is 4.27. The van der Waals surface area contributed by atoms with E-state index in [0.29, 0.717) is 27.2 Å². The van der Waals surface area contributed by atoms with Gasteiger partial charge in [-0.2, -0.15) is 0 Å². The summed E-state index contributed by atoms with van der Waals surface area (Å²) in [6.45, 7) is 1.42. The molecule has 1 amide bonds. The molecular formula is C16H11ClN2O3S. The maximum atomic E-state index is 12.2. The third-order valence-corrected chi connectivity index (χ3v) is 4.14. The van der Waals surface area contributed by atoms with Crippen molar-refractivity contribution >= 4 is 39.8 Å². The first-order valence-electron chi connectivity index (χ1n) is 6.67. The van der Waals surface area contributed by atoms with Crippen LogP contribution in [0.3, 0.4) is 0 Å². The van der Waals surface area contributed by atoms with E-state index >= 15 is 0 Å². The van der Waals surface area contributed by atoms with Gasteiger partial charge in [0.25, 0.3) is 5.91 Å². The summed E-state index contributed by atoms with van der Waals surface area (Å²) in [6.07, 6.45) is 0. The smallest absolute Gasteiger partial charge is 0.293 e. The van der Waals surface area contributed by atoms with Crippen molar-refractivity contribution in [1.82, 2.24) is 4.98 Å². The normalized spacial score (nSPS) is 10.5. The zero-order valence-corrected chi connectivity index (χ0v) is 13.6. The van der Waals surface area contributed by atoms with Crippen molar-refractivity contribution in [1.29, 1.82) is 0 Å². The lowest BCUT2D eigenvalue weighted by atomic mass is 10.2. The minimum absolute atomic E-state index is 0.138. The Morgan fingerprint density at radius 1 is 1.22 bits per heavy atom. The van der Waals surface area contributed by atoms with Crippen LogP contribution in [0, 0.1) is 0 Å². The van der Waals surface area contributed by atoms with Crippen LogP contribution >= 0.6 is 22.9 Å². The highest BCUT2D eigenvalue weighted by molar-refractivity contribution is 7.14. The first-order valence-corrected chi connectivity index (χ1v) is 7.93. The number of nitrogens with zero attached hydrogens (tertiary/aromatic N) is 1. The Hall–Kier alpha value is -2.44. The van der Waals surface area contributed by atoms with Gasteiger partial charge in [-0.25, -0.2) is 4.98 Å². The number of amides is 1. The molecule has 5 nitrogen and oxygen atoms in total. The number of ketones is 1. The minimum atomic E-state index is -0.437. The van der Waals surface area contributed by atoms with Gasteiger partial charge < -0.3 is 4.42 Å². The summed E-state index contributed by atoms with van der Waals surface area (Å²) >= 11 is 7.29. The van der Waals surface area contributed by atoms with Crippen LogP contribution < -0.4 is 5.32 Å². The molecule has 23 heavy (non-hydrogen) atoms. The molecule has 0 unspecified atom stereocenters. The van der Waals surface area contributed by atoms with E-state index in [9.17, 15) is 9.59 Å². The van der Waals surface area contributed by atoms with Crippen molar-refractivity contribution < 1.29 is 14.0 Å². The fourth-order valence-electron chi connectivity index (χ4n) is 1.92. The van der Waals surface area contributed by atoms with Gasteiger partial charge in [0.1, 0.15) is 11.5 Å². The Balaban J connectivity index is 1.78. The monoisotopic (exact) mass is 346 g/mol. The number of halogens is 1. The largest absolute Gasteiger partial charge is 0.451 e. The number of thiazole rings is 1. The highest BCUT2D eigenvalue weighted by Crippen LogP contribution is 2.29. The Morgan fingerprint density at radius 3 is 2.70 bits per heavy atom. The van der Waals surface area contributed by atoms with Gasteiger partial charge in [0.05, 0.1) is 5.02 Å². The standard InChI is InChI=1S/C16H11ClN2O3S/c1-9(20)12-8-23-16(18-12)19-15(21)14-7-6-13(22-14)10-4-2-3-5-11(10)17/h2-8H,1H3,(H,18,19,21). The molecule has 0 spiro atoms. The molecule has 3 rings (SSSR count). The second-order valence-corrected chi connectivity index (χ2v) is 5.96. The molecule has 3 aromatic rings. The van der Waals surface area contributed by atoms with Gasteiger partial charge in [0.15, 0.2) is 16.7 Å². The van der Waals surface area contributed by atoms with Crippen LogP contribution in [0.15, 0.2) is 46.2 Å². The third-order valence-electron chi connectivity index (χ3n) is 3.05. The summed E-state index contributed by atoms with van der Waals surface area (Å²) in [4.78, 5) is 27.4. The van der Waals surface area contributed by atoms with E-state index in [2.05, 4.69) is 10.3 Å². The van der Waals surface area contributed by atoms with E-state index in [1.165, 1.54) is 18.3 Å². The van der Waals surface area contributed by atoms with Crippen molar-refractivity contribution in [2.24, 2.45) is 0 Å². The number of furan rings is 1. The van der Waals surface area contributed by atoms with Crippen molar-refractivity contribution in [2.75, 3.05) is 5.32 Å². The summed E-state index contributed by atoms with van der Waals surface area (Å²) in [5.41, 5.74) is 1.03. The summed E-state index contributed by atoms with van der Waals surface area (Å²) in [5.74, 6) is 0.0531. The SMILES string of the molecule is CC(=O)c1csc(NC(=O)c2ccc(-c3ccccc3Cl)o2)n1. The second-order valence-electron chi connectivity index (χ2n) is 4.69. The number of carbonyl (C=O) groups excluding carboxylic acids is 2. The van der Waals surface area contributed by atoms with Crippen LogP contribution in [0.1, 0.15) is 28.0 Å². The highest BCUT2D eigenvalue weighted by atomic mass is 35.5. The Morgan fingerprint density at radius 2 is 2.00 bits per heavy atom. The molecule has 0 bridgehead atoms. The maximum absolute atomic E-state index is 12.2. The zero-order chi connectivity index (χ0) is 16.4. The van der Waals surface area contributed by atoms with Crippen LogP contribution in [0.5, 0.6) is 0 Å². The molecular weight excluding hydrogens is 336 g/mol. The molecule has 0 saturated heterocycles. The molecule has 7 heteroatoms. The lowest BCUT2D eigenvalue weighted by Crippen LogP contribution is -2.10. The summed E-state index contributed by atoms with van der Waals surface area (Å²) < 4.78 is 5.55. The maximum Gasteiger partial charge on any atom is 0.293 e. The number of aromatic nitrogens is 1. The molecule has 0 radical (unpaired) electrons. The van der Waals surface area contributed by atoms with Crippen LogP contribution in [-0.2, 0) is 0 Å². The number of anilines is 1. The Labute approximate surface area is 140 Å². The number of Topliss-reactive ketones (excluding diaryl/α,β-unsaturated/α-hetero) is 1. The van der Waals surface area contributed by atoms with Crippen LogP contribution in [0.25, 0.3) is 11.3 Å². The minimum Gasteiger partial charge on any atom is -0.451 e. The lowest BCUT2D eigenvalue weighted by Gasteiger charge is -2.00. The highest BCUT2D eigenvalue weighted by Gasteiger charge is 2.16. The van der Waals surface area contributed by atoms with Gasteiger partial charge in [-0.3, -0.25) is 14.9 Å². The van der Waals surface area contributed by atoms with Crippen LogP contribution in [-0.4, -0.2) is 16.7 Å². The lowest BCUT2D eigenvalue weighted by molar-refractivity contribution is 0.0991. The molecule has 0 atom stereocenters. The van der Waals surface area contributed by atoms with Gasteiger partial charge >= 0.3 is 0 Å². The zero-order valence-electron chi connectivity index (χ0n) is 12.0. The van der Waals surface area contributed by atoms with E-state index < -0.39 is 5.91 Å². The number of hydrogen-bond acceptors (Lipinski definition) is 5. The van der Waals surface area contributed by atoms with E-state index in [-0.39, 0.29) is 11.5 Å². The first-order chi connectivity index (χ1) is 11.0. The predicted molar refractivity (Wildman–Crippen MR) is 89.2 cm³/mol. The fraction of sp³-hybridized carbons (Fsp3) is 0.0625. The van der Waals surface area contributed by atoms with Gasteiger partial charge in [-0.15, -0.1) is 11.3 Å². The molecule has 1 N–H and O–H groups in total. The predicted octanol–water partition coefficient (Wildman–Crippen LogP) is 4.51. The molecule has 1 aromatic carbocycles. The second kappa shape index (κ2) is 6.36. The molecule has 2 aromatic heterocycles. The van der Waals surface area contributed by atoms with E-state index in [1.54, 1.807) is 23.6 Å². The van der Waals surface area contributed by atoms with Crippen molar-refractivity contribution in [2.45, 2.75) is 6.92 Å². The van der Waals surface area contributed by atoms with Crippen molar-refractivity contribution in [3.05, 3.63) is 58.3 Å². The molecule has 116 valence electrons. The average Bonchev–Trinajstić information content (AvgIpc) is 3.16.